The molecule has 1 fully saturated rings. The number of nitrogens with zero attached hydrogens (tertiary/aromatic N) is 1. The minimum absolute atomic E-state index is 0.272. The molecule has 0 aromatic heterocycles. The van der Waals surface area contributed by atoms with Crippen LogP contribution in [0.5, 0.6) is 0 Å². The number of carbonyl (C=O) groups excluding carboxylic acids is 2. The summed E-state index contributed by atoms with van der Waals surface area (Å²) in [6.07, 6.45) is 10.6. The number of carbonyl (C=O) groups is 2. The third kappa shape index (κ3) is 5.96. The largest absolute Gasteiger partial charge is 0.288 e. The van der Waals surface area contributed by atoms with Crippen LogP contribution in [0.15, 0.2) is 35.4 Å². The number of amides is 2. The van der Waals surface area contributed by atoms with Crippen LogP contribution in [0.2, 0.25) is 0 Å². The number of hydrogen-bond acceptors (Lipinski definition) is 4. The summed E-state index contributed by atoms with van der Waals surface area (Å²) in [5, 5.41) is 12.7. The predicted molar refractivity (Wildman–Crippen MR) is 92.6 cm³/mol. The molecule has 2 amide bonds. The van der Waals surface area contributed by atoms with E-state index in [1.807, 2.05) is 0 Å². The van der Waals surface area contributed by atoms with E-state index in [0.29, 0.717) is 11.1 Å². The van der Waals surface area contributed by atoms with Gasteiger partial charge in [-0.1, -0.05) is 31.4 Å². The van der Waals surface area contributed by atoms with Gasteiger partial charge in [-0.05, 0) is 49.5 Å². The quantitative estimate of drug-likeness (QED) is 0.450. The normalized spacial score (nSPS) is 15.5. The zero-order valence-corrected chi connectivity index (χ0v) is 13.6. The van der Waals surface area contributed by atoms with Gasteiger partial charge in [0.1, 0.15) is 0 Å². The molecule has 1 aromatic carbocycles. The van der Waals surface area contributed by atoms with E-state index in [2.05, 4.69) is 10.5 Å². The van der Waals surface area contributed by atoms with Crippen LogP contribution in [0, 0.1) is 0 Å². The fourth-order valence-corrected chi connectivity index (χ4v) is 2.61. The Balaban J connectivity index is 1.98. The third-order valence-electron chi connectivity index (χ3n) is 3.93. The molecule has 0 bridgehead atoms. The van der Waals surface area contributed by atoms with Gasteiger partial charge in [-0.2, -0.15) is 5.10 Å². The Hall–Kier alpha value is -2.47. The molecule has 1 aliphatic rings. The molecule has 0 unspecified atom stereocenters. The molecule has 3 N–H and O–H groups in total. The van der Waals surface area contributed by atoms with E-state index in [0.717, 1.165) is 31.4 Å². The minimum Gasteiger partial charge on any atom is -0.288 e. The summed E-state index contributed by atoms with van der Waals surface area (Å²) < 4.78 is 0. The molecule has 128 valence electrons. The second kappa shape index (κ2) is 9.62. The van der Waals surface area contributed by atoms with Gasteiger partial charge in [0.05, 0.1) is 0 Å². The molecule has 1 saturated carbocycles. The Kier molecular flexibility index (Phi) is 7.17. The van der Waals surface area contributed by atoms with Crippen molar-refractivity contribution >= 4 is 23.6 Å². The first kappa shape index (κ1) is 17.9. The fraction of sp³-hybridized carbons (Fsp3) is 0.389. The van der Waals surface area contributed by atoms with Gasteiger partial charge in [0.2, 0.25) is 0 Å². The molecule has 24 heavy (non-hydrogen) atoms. The van der Waals surface area contributed by atoms with Crippen LogP contribution in [0.25, 0.3) is 6.08 Å². The van der Waals surface area contributed by atoms with E-state index in [1.54, 1.807) is 24.3 Å². The van der Waals surface area contributed by atoms with Gasteiger partial charge < -0.3 is 0 Å². The smallest absolute Gasteiger partial charge is 0.271 e. The molecular formula is C18H23N3O3. The highest BCUT2D eigenvalue weighted by Gasteiger charge is 2.08. The Morgan fingerprint density at radius 1 is 1.08 bits per heavy atom. The first-order chi connectivity index (χ1) is 11.7. The second-order valence-corrected chi connectivity index (χ2v) is 5.82. The van der Waals surface area contributed by atoms with Gasteiger partial charge in [-0.3, -0.25) is 14.8 Å². The summed E-state index contributed by atoms with van der Waals surface area (Å²) >= 11 is 0. The van der Waals surface area contributed by atoms with E-state index in [9.17, 15) is 9.59 Å². The fourth-order valence-electron chi connectivity index (χ4n) is 2.61. The topological polar surface area (TPSA) is 90.8 Å². The molecule has 0 spiro atoms. The van der Waals surface area contributed by atoms with Crippen molar-refractivity contribution in [2.24, 2.45) is 5.10 Å². The van der Waals surface area contributed by atoms with Crippen molar-refractivity contribution in [2.75, 3.05) is 0 Å². The van der Waals surface area contributed by atoms with Crippen LogP contribution in [0.3, 0.4) is 0 Å². The molecule has 6 nitrogen and oxygen atoms in total. The zero-order chi connectivity index (χ0) is 17.2. The summed E-state index contributed by atoms with van der Waals surface area (Å²) in [5.41, 5.74) is 6.35. The molecule has 6 heteroatoms. The van der Waals surface area contributed by atoms with Crippen LogP contribution in [-0.2, 0) is 4.79 Å². The number of hydrazone groups is 1. The van der Waals surface area contributed by atoms with Crippen LogP contribution in [-0.4, -0.2) is 22.7 Å². The standard InChI is InChI=1S/C18H23N3O3/c22-17(21-24)12-11-14-7-6-8-15(13-14)18(23)20-19-16-9-4-2-1-3-5-10-16/h6-8,11-13,24H,1-5,9-10H2,(H,20,23)(H,21,22). The Labute approximate surface area is 141 Å². The van der Waals surface area contributed by atoms with Crippen molar-refractivity contribution in [3.05, 3.63) is 41.5 Å². The summed E-state index contributed by atoms with van der Waals surface area (Å²) in [6.45, 7) is 0. The Bertz CT molecular complexity index is 628. The number of hydrogen-bond donors (Lipinski definition) is 3. The highest BCUT2D eigenvalue weighted by Crippen LogP contribution is 2.15. The number of rotatable bonds is 4. The van der Waals surface area contributed by atoms with E-state index in [-0.39, 0.29) is 5.91 Å². The lowest BCUT2D eigenvalue weighted by Gasteiger charge is -2.11. The van der Waals surface area contributed by atoms with Crippen molar-refractivity contribution in [3.63, 3.8) is 0 Å². The van der Waals surface area contributed by atoms with Crippen LogP contribution >= 0.6 is 0 Å². The maximum Gasteiger partial charge on any atom is 0.271 e. The van der Waals surface area contributed by atoms with Crippen molar-refractivity contribution in [1.29, 1.82) is 0 Å². The second-order valence-electron chi connectivity index (χ2n) is 5.82. The Morgan fingerprint density at radius 3 is 2.50 bits per heavy atom. The average Bonchev–Trinajstić information content (AvgIpc) is 2.58. The maximum atomic E-state index is 12.2. The molecule has 1 aliphatic carbocycles. The molecule has 2 rings (SSSR count). The summed E-state index contributed by atoms with van der Waals surface area (Å²) in [7, 11) is 0. The van der Waals surface area contributed by atoms with Gasteiger partial charge in [0.15, 0.2) is 0 Å². The summed E-state index contributed by atoms with van der Waals surface area (Å²) in [4.78, 5) is 23.2. The Morgan fingerprint density at radius 2 is 1.79 bits per heavy atom. The molecular weight excluding hydrogens is 306 g/mol. The van der Waals surface area contributed by atoms with Gasteiger partial charge in [-0.15, -0.1) is 0 Å². The van der Waals surface area contributed by atoms with Gasteiger partial charge >= 0.3 is 0 Å². The average molecular weight is 329 g/mol. The number of benzene rings is 1. The zero-order valence-electron chi connectivity index (χ0n) is 13.6. The highest BCUT2D eigenvalue weighted by molar-refractivity contribution is 5.96. The monoisotopic (exact) mass is 329 g/mol. The van der Waals surface area contributed by atoms with Crippen molar-refractivity contribution in [3.8, 4) is 0 Å². The van der Waals surface area contributed by atoms with E-state index >= 15 is 0 Å². The summed E-state index contributed by atoms with van der Waals surface area (Å²) in [5.74, 6) is -0.896. The number of nitrogens with one attached hydrogen (secondary N) is 2. The van der Waals surface area contributed by atoms with Crippen molar-refractivity contribution in [2.45, 2.75) is 44.9 Å². The summed E-state index contributed by atoms with van der Waals surface area (Å²) in [6, 6.07) is 6.85. The molecule has 0 heterocycles. The lowest BCUT2D eigenvalue weighted by molar-refractivity contribution is -0.124. The molecule has 0 aliphatic heterocycles. The lowest BCUT2D eigenvalue weighted by Crippen LogP contribution is -2.20. The van der Waals surface area contributed by atoms with E-state index in [1.165, 1.54) is 36.9 Å². The first-order valence-electron chi connectivity index (χ1n) is 8.27. The van der Waals surface area contributed by atoms with Gasteiger partial charge in [0, 0.05) is 17.4 Å². The van der Waals surface area contributed by atoms with Crippen LogP contribution in [0.1, 0.15) is 60.9 Å². The number of hydroxylamine groups is 1. The molecule has 0 radical (unpaired) electrons. The molecule has 0 atom stereocenters. The van der Waals surface area contributed by atoms with Crippen molar-refractivity contribution < 1.29 is 14.8 Å². The third-order valence-corrected chi connectivity index (χ3v) is 3.93. The van der Waals surface area contributed by atoms with Crippen LogP contribution < -0.4 is 10.9 Å². The van der Waals surface area contributed by atoms with Crippen molar-refractivity contribution in [1.82, 2.24) is 10.9 Å². The minimum atomic E-state index is -0.625. The van der Waals surface area contributed by atoms with Gasteiger partial charge in [0.25, 0.3) is 11.8 Å². The predicted octanol–water partition coefficient (Wildman–Crippen LogP) is 3.04. The highest BCUT2D eigenvalue weighted by atomic mass is 16.5. The first-order valence-corrected chi connectivity index (χ1v) is 8.27. The van der Waals surface area contributed by atoms with E-state index < -0.39 is 5.91 Å². The van der Waals surface area contributed by atoms with E-state index in [4.69, 9.17) is 5.21 Å². The molecule has 0 saturated heterocycles. The maximum absolute atomic E-state index is 12.2. The van der Waals surface area contributed by atoms with Crippen LogP contribution in [0.4, 0.5) is 0 Å². The molecule has 1 aromatic rings. The lowest BCUT2D eigenvalue weighted by atomic mass is 9.99. The van der Waals surface area contributed by atoms with Gasteiger partial charge in [-0.25, -0.2) is 10.9 Å². The SMILES string of the molecule is O=C(C=Cc1cccc(C(=O)NN=C2CCCCCCC2)c1)NO.